The van der Waals surface area contributed by atoms with Gasteiger partial charge >= 0.3 is 0 Å². The molecular weight excluding hydrogens is 276 g/mol. The van der Waals surface area contributed by atoms with Crippen LogP contribution in [0.3, 0.4) is 0 Å². The fraction of sp³-hybridized carbons (Fsp3) is 0.714. The summed E-state index contributed by atoms with van der Waals surface area (Å²) in [5, 5.41) is 0. The molecule has 1 aromatic heterocycles. The van der Waals surface area contributed by atoms with Crippen molar-refractivity contribution in [1.82, 2.24) is 4.31 Å². The Morgan fingerprint density at radius 1 is 1.30 bits per heavy atom. The molecule has 2 atom stereocenters. The summed E-state index contributed by atoms with van der Waals surface area (Å²) in [6, 6.07) is 0.111. The second-order valence-electron chi connectivity index (χ2n) is 5.55. The Kier molecular flexibility index (Phi) is 4.27. The summed E-state index contributed by atoms with van der Waals surface area (Å²) in [5.74, 6) is 1.04. The van der Waals surface area contributed by atoms with Crippen molar-refractivity contribution in [2.75, 3.05) is 0 Å². The van der Waals surface area contributed by atoms with Crippen LogP contribution in [0.15, 0.2) is 9.31 Å². The van der Waals surface area contributed by atoms with Gasteiger partial charge in [-0.3, -0.25) is 0 Å². The number of furan rings is 1. The molecule has 0 aliphatic carbocycles. The highest BCUT2D eigenvalue weighted by Crippen LogP contribution is 2.36. The van der Waals surface area contributed by atoms with Gasteiger partial charge in [-0.25, -0.2) is 8.42 Å². The predicted octanol–water partition coefficient (Wildman–Crippen LogP) is 2.31. The summed E-state index contributed by atoms with van der Waals surface area (Å²) in [6.45, 7) is 7.64. The van der Waals surface area contributed by atoms with Crippen LogP contribution in [0.1, 0.15) is 50.2 Å². The van der Waals surface area contributed by atoms with E-state index in [-0.39, 0.29) is 23.5 Å². The molecule has 0 aromatic carbocycles. The van der Waals surface area contributed by atoms with Crippen LogP contribution in [-0.4, -0.2) is 24.8 Å². The van der Waals surface area contributed by atoms with Crippen molar-refractivity contribution in [2.24, 2.45) is 5.73 Å². The minimum absolute atomic E-state index is 0.0326. The molecular formula is C14H24N2O3S. The molecule has 2 heterocycles. The summed E-state index contributed by atoms with van der Waals surface area (Å²) in [6.07, 6.45) is 2.66. The van der Waals surface area contributed by atoms with E-state index in [9.17, 15) is 8.42 Å². The molecule has 20 heavy (non-hydrogen) atoms. The van der Waals surface area contributed by atoms with E-state index in [1.807, 2.05) is 13.8 Å². The fourth-order valence-corrected chi connectivity index (χ4v) is 5.63. The quantitative estimate of drug-likeness (QED) is 0.925. The second-order valence-corrected chi connectivity index (χ2v) is 7.33. The number of rotatable bonds is 4. The minimum Gasteiger partial charge on any atom is -0.465 e. The summed E-state index contributed by atoms with van der Waals surface area (Å²) in [5.41, 5.74) is 6.33. The molecule has 2 rings (SSSR count). The van der Waals surface area contributed by atoms with Crippen LogP contribution in [0.4, 0.5) is 0 Å². The van der Waals surface area contributed by atoms with Crippen LogP contribution in [0.2, 0.25) is 0 Å². The third-order valence-corrected chi connectivity index (χ3v) is 6.51. The van der Waals surface area contributed by atoms with Gasteiger partial charge in [0.25, 0.3) is 0 Å². The second kappa shape index (κ2) is 5.50. The number of hydrogen-bond acceptors (Lipinski definition) is 4. The van der Waals surface area contributed by atoms with E-state index in [2.05, 4.69) is 0 Å². The third kappa shape index (κ3) is 2.29. The van der Waals surface area contributed by atoms with Gasteiger partial charge in [0, 0.05) is 24.2 Å². The Balaban J connectivity index is 2.55. The lowest BCUT2D eigenvalue weighted by Crippen LogP contribution is -2.40. The molecule has 0 radical (unpaired) electrons. The van der Waals surface area contributed by atoms with Crippen molar-refractivity contribution in [2.45, 2.75) is 70.5 Å². The van der Waals surface area contributed by atoms with Gasteiger partial charge in [-0.05, 0) is 40.0 Å². The molecule has 1 saturated heterocycles. The van der Waals surface area contributed by atoms with Crippen LogP contribution in [0.5, 0.6) is 0 Å². The van der Waals surface area contributed by atoms with Gasteiger partial charge in [0.15, 0.2) is 0 Å². The van der Waals surface area contributed by atoms with Crippen LogP contribution >= 0.6 is 0 Å². The standard InChI is InChI=1S/C14H24N2O3S/c1-5-12-7-6-9(2)16(12)20(17,18)14-11(4)19-10(3)13(14)8-15/h9,12H,5-8,15H2,1-4H3. The van der Waals surface area contributed by atoms with Gasteiger partial charge in [-0.15, -0.1) is 0 Å². The molecule has 6 heteroatoms. The molecule has 0 amide bonds. The zero-order chi connectivity index (χ0) is 15.1. The van der Waals surface area contributed by atoms with E-state index in [4.69, 9.17) is 10.2 Å². The number of hydrogen-bond donors (Lipinski definition) is 1. The van der Waals surface area contributed by atoms with Gasteiger partial charge in [-0.1, -0.05) is 6.92 Å². The van der Waals surface area contributed by atoms with Crippen molar-refractivity contribution in [1.29, 1.82) is 0 Å². The third-order valence-electron chi connectivity index (χ3n) is 4.25. The first kappa shape index (κ1) is 15.5. The number of nitrogens with two attached hydrogens (primary N) is 1. The Bertz CT molecular complexity index is 592. The van der Waals surface area contributed by atoms with Crippen LogP contribution < -0.4 is 5.73 Å². The van der Waals surface area contributed by atoms with Crippen molar-refractivity contribution in [3.8, 4) is 0 Å². The zero-order valence-electron chi connectivity index (χ0n) is 12.6. The van der Waals surface area contributed by atoms with E-state index in [0.717, 1.165) is 19.3 Å². The van der Waals surface area contributed by atoms with Crippen molar-refractivity contribution < 1.29 is 12.8 Å². The first-order chi connectivity index (χ1) is 9.34. The summed E-state index contributed by atoms with van der Waals surface area (Å²) >= 11 is 0. The van der Waals surface area contributed by atoms with Crippen LogP contribution in [-0.2, 0) is 16.6 Å². The average Bonchev–Trinajstić information content (AvgIpc) is 2.89. The summed E-state index contributed by atoms with van der Waals surface area (Å²) < 4.78 is 33.2. The largest absolute Gasteiger partial charge is 0.465 e. The van der Waals surface area contributed by atoms with Crippen molar-refractivity contribution in [3.05, 3.63) is 17.1 Å². The van der Waals surface area contributed by atoms with Crippen LogP contribution in [0, 0.1) is 13.8 Å². The topological polar surface area (TPSA) is 76.5 Å². The SMILES string of the molecule is CCC1CCC(C)N1S(=O)(=O)c1c(C)oc(C)c1CN. The Morgan fingerprint density at radius 2 is 1.95 bits per heavy atom. The lowest BCUT2D eigenvalue weighted by Gasteiger charge is -2.27. The van der Waals surface area contributed by atoms with E-state index >= 15 is 0 Å². The Labute approximate surface area is 121 Å². The normalized spacial score (nSPS) is 24.4. The first-order valence-corrected chi connectivity index (χ1v) is 8.61. The monoisotopic (exact) mass is 300 g/mol. The molecule has 0 saturated carbocycles. The fourth-order valence-electron chi connectivity index (χ4n) is 3.25. The number of aryl methyl sites for hydroxylation is 2. The molecule has 114 valence electrons. The molecule has 1 aliphatic rings. The van der Waals surface area contributed by atoms with E-state index in [0.29, 0.717) is 17.1 Å². The van der Waals surface area contributed by atoms with E-state index in [1.165, 1.54) is 0 Å². The van der Waals surface area contributed by atoms with E-state index in [1.54, 1.807) is 18.2 Å². The lowest BCUT2D eigenvalue weighted by molar-refractivity contribution is 0.327. The number of sulfonamides is 1. The van der Waals surface area contributed by atoms with Gasteiger partial charge in [-0.2, -0.15) is 4.31 Å². The van der Waals surface area contributed by atoms with E-state index < -0.39 is 10.0 Å². The molecule has 1 aliphatic heterocycles. The highest BCUT2D eigenvalue weighted by Gasteiger charge is 2.41. The molecule has 2 N–H and O–H groups in total. The maximum atomic E-state index is 13.0. The van der Waals surface area contributed by atoms with Gasteiger partial charge in [0.1, 0.15) is 16.4 Å². The molecule has 1 fully saturated rings. The smallest absolute Gasteiger partial charge is 0.247 e. The Hall–Kier alpha value is -0.850. The summed E-state index contributed by atoms with van der Waals surface area (Å²) in [7, 11) is -3.54. The summed E-state index contributed by atoms with van der Waals surface area (Å²) in [4.78, 5) is 0.282. The lowest BCUT2D eigenvalue weighted by atomic mass is 10.2. The molecule has 0 spiro atoms. The van der Waals surface area contributed by atoms with Gasteiger partial charge < -0.3 is 10.2 Å². The minimum atomic E-state index is -3.54. The van der Waals surface area contributed by atoms with Crippen molar-refractivity contribution >= 4 is 10.0 Å². The van der Waals surface area contributed by atoms with Gasteiger partial charge in [0.05, 0.1) is 0 Å². The molecule has 0 bridgehead atoms. The first-order valence-electron chi connectivity index (χ1n) is 7.17. The number of nitrogens with zero attached hydrogens (tertiary/aromatic N) is 1. The highest BCUT2D eigenvalue weighted by atomic mass is 32.2. The van der Waals surface area contributed by atoms with Crippen LogP contribution in [0.25, 0.3) is 0 Å². The highest BCUT2D eigenvalue weighted by molar-refractivity contribution is 7.89. The maximum absolute atomic E-state index is 13.0. The molecule has 5 nitrogen and oxygen atoms in total. The molecule has 1 aromatic rings. The average molecular weight is 300 g/mol. The van der Waals surface area contributed by atoms with Crippen molar-refractivity contribution in [3.63, 3.8) is 0 Å². The maximum Gasteiger partial charge on any atom is 0.247 e. The predicted molar refractivity (Wildman–Crippen MR) is 77.9 cm³/mol. The molecule has 2 unspecified atom stereocenters. The zero-order valence-corrected chi connectivity index (χ0v) is 13.5. The van der Waals surface area contributed by atoms with Gasteiger partial charge in [0.2, 0.25) is 10.0 Å². The Morgan fingerprint density at radius 3 is 2.50 bits per heavy atom.